The van der Waals surface area contributed by atoms with Gasteiger partial charge in [0.15, 0.2) is 0 Å². The second kappa shape index (κ2) is 7.66. The van der Waals surface area contributed by atoms with E-state index in [-0.39, 0.29) is 0 Å². The van der Waals surface area contributed by atoms with E-state index >= 15 is 0 Å². The van der Waals surface area contributed by atoms with Crippen molar-refractivity contribution in [1.29, 1.82) is 0 Å². The van der Waals surface area contributed by atoms with E-state index in [9.17, 15) is 0 Å². The SMILES string of the molecule is COCc1cccc(CNCCCn2ccnn2)c1. The Labute approximate surface area is 113 Å². The molecular formula is C14H20N4O. The van der Waals surface area contributed by atoms with Crippen molar-refractivity contribution in [2.45, 2.75) is 26.1 Å². The predicted octanol–water partition coefficient (Wildman–Crippen LogP) is 1.60. The summed E-state index contributed by atoms with van der Waals surface area (Å²) in [6, 6.07) is 8.45. The van der Waals surface area contributed by atoms with Gasteiger partial charge in [-0.1, -0.05) is 29.5 Å². The normalized spacial score (nSPS) is 10.8. The molecule has 19 heavy (non-hydrogen) atoms. The summed E-state index contributed by atoms with van der Waals surface area (Å²) < 4.78 is 6.98. The zero-order valence-corrected chi connectivity index (χ0v) is 11.2. The average Bonchev–Trinajstić information content (AvgIpc) is 2.92. The van der Waals surface area contributed by atoms with Crippen LogP contribution in [-0.4, -0.2) is 28.6 Å². The Morgan fingerprint density at radius 1 is 1.32 bits per heavy atom. The number of benzene rings is 1. The van der Waals surface area contributed by atoms with Gasteiger partial charge in [-0.25, -0.2) is 0 Å². The Bertz CT molecular complexity index is 470. The predicted molar refractivity (Wildman–Crippen MR) is 73.5 cm³/mol. The maximum Gasteiger partial charge on any atom is 0.0713 e. The average molecular weight is 260 g/mol. The van der Waals surface area contributed by atoms with Gasteiger partial charge in [0.25, 0.3) is 0 Å². The molecule has 0 saturated heterocycles. The summed E-state index contributed by atoms with van der Waals surface area (Å²) in [7, 11) is 1.72. The van der Waals surface area contributed by atoms with Gasteiger partial charge in [-0.2, -0.15) is 0 Å². The second-order valence-corrected chi connectivity index (χ2v) is 4.45. The maximum absolute atomic E-state index is 5.13. The number of ether oxygens (including phenoxy) is 1. The summed E-state index contributed by atoms with van der Waals surface area (Å²) >= 11 is 0. The molecule has 0 aliphatic heterocycles. The highest BCUT2D eigenvalue weighted by Gasteiger charge is 1.96. The summed E-state index contributed by atoms with van der Waals surface area (Å²) in [6.45, 7) is 3.42. The Morgan fingerprint density at radius 2 is 2.21 bits per heavy atom. The number of nitrogens with one attached hydrogen (secondary N) is 1. The molecule has 0 spiro atoms. The van der Waals surface area contributed by atoms with Crippen LogP contribution in [0.25, 0.3) is 0 Å². The Hall–Kier alpha value is -1.72. The molecule has 0 amide bonds. The third-order valence-electron chi connectivity index (χ3n) is 2.84. The van der Waals surface area contributed by atoms with E-state index in [0.717, 1.165) is 26.1 Å². The lowest BCUT2D eigenvalue weighted by Gasteiger charge is -2.07. The lowest BCUT2D eigenvalue weighted by molar-refractivity contribution is 0.185. The van der Waals surface area contributed by atoms with Gasteiger partial charge in [-0.05, 0) is 24.1 Å². The van der Waals surface area contributed by atoms with Crippen molar-refractivity contribution in [3.05, 3.63) is 47.8 Å². The monoisotopic (exact) mass is 260 g/mol. The van der Waals surface area contributed by atoms with Gasteiger partial charge in [0.1, 0.15) is 0 Å². The Kier molecular flexibility index (Phi) is 5.52. The third kappa shape index (κ3) is 4.81. The molecule has 0 radical (unpaired) electrons. The molecule has 102 valence electrons. The van der Waals surface area contributed by atoms with E-state index in [0.29, 0.717) is 6.61 Å². The van der Waals surface area contributed by atoms with Gasteiger partial charge in [0, 0.05) is 26.4 Å². The number of hydrogen-bond acceptors (Lipinski definition) is 4. The van der Waals surface area contributed by atoms with Crippen LogP contribution in [0.15, 0.2) is 36.7 Å². The molecule has 0 bridgehead atoms. The fourth-order valence-corrected chi connectivity index (χ4v) is 1.95. The molecule has 1 aromatic heterocycles. The van der Waals surface area contributed by atoms with Crippen molar-refractivity contribution in [3.8, 4) is 0 Å². The van der Waals surface area contributed by atoms with Crippen LogP contribution in [-0.2, 0) is 24.4 Å². The van der Waals surface area contributed by atoms with Crippen LogP contribution in [0.5, 0.6) is 0 Å². The number of rotatable bonds is 8. The molecule has 5 heteroatoms. The molecule has 0 aliphatic carbocycles. The van der Waals surface area contributed by atoms with E-state index in [2.05, 4.69) is 39.9 Å². The first kappa shape index (κ1) is 13.7. The lowest BCUT2D eigenvalue weighted by Crippen LogP contribution is -2.16. The highest BCUT2D eigenvalue weighted by Crippen LogP contribution is 2.06. The Morgan fingerprint density at radius 3 is 3.00 bits per heavy atom. The van der Waals surface area contributed by atoms with E-state index in [4.69, 9.17) is 4.74 Å². The van der Waals surface area contributed by atoms with Crippen molar-refractivity contribution >= 4 is 0 Å². The molecule has 1 aromatic carbocycles. The topological polar surface area (TPSA) is 52.0 Å². The summed E-state index contributed by atoms with van der Waals surface area (Å²) in [6.07, 6.45) is 4.63. The largest absolute Gasteiger partial charge is 0.380 e. The number of hydrogen-bond donors (Lipinski definition) is 1. The molecule has 0 saturated carbocycles. The van der Waals surface area contributed by atoms with Crippen molar-refractivity contribution in [3.63, 3.8) is 0 Å². The van der Waals surface area contributed by atoms with Gasteiger partial charge in [-0.3, -0.25) is 4.68 Å². The Balaban J connectivity index is 1.66. The number of aryl methyl sites for hydroxylation is 1. The lowest BCUT2D eigenvalue weighted by atomic mass is 10.1. The summed E-state index contributed by atoms with van der Waals surface area (Å²) in [5, 5.41) is 11.1. The van der Waals surface area contributed by atoms with E-state index in [1.54, 1.807) is 13.3 Å². The van der Waals surface area contributed by atoms with Crippen molar-refractivity contribution < 1.29 is 4.74 Å². The standard InChI is InChI=1S/C14H20N4O/c1-19-12-14-5-2-4-13(10-14)11-15-6-3-8-18-9-7-16-17-18/h2,4-5,7,9-10,15H,3,6,8,11-12H2,1H3. The van der Waals surface area contributed by atoms with Crippen molar-refractivity contribution in [2.75, 3.05) is 13.7 Å². The molecule has 0 fully saturated rings. The molecule has 0 unspecified atom stereocenters. The van der Waals surface area contributed by atoms with Crippen LogP contribution in [0.2, 0.25) is 0 Å². The summed E-state index contributed by atoms with van der Waals surface area (Å²) in [4.78, 5) is 0. The van der Waals surface area contributed by atoms with Crippen LogP contribution in [0, 0.1) is 0 Å². The molecule has 0 aliphatic rings. The molecule has 2 aromatic rings. The zero-order valence-electron chi connectivity index (χ0n) is 11.2. The van der Waals surface area contributed by atoms with Crippen LogP contribution in [0.3, 0.4) is 0 Å². The first-order chi connectivity index (χ1) is 9.38. The van der Waals surface area contributed by atoms with Crippen LogP contribution < -0.4 is 5.32 Å². The second-order valence-electron chi connectivity index (χ2n) is 4.45. The third-order valence-corrected chi connectivity index (χ3v) is 2.84. The van der Waals surface area contributed by atoms with Crippen molar-refractivity contribution in [2.24, 2.45) is 0 Å². The first-order valence-electron chi connectivity index (χ1n) is 6.50. The first-order valence-corrected chi connectivity index (χ1v) is 6.50. The van der Waals surface area contributed by atoms with Crippen LogP contribution in [0.1, 0.15) is 17.5 Å². The molecule has 1 N–H and O–H groups in total. The molecule has 1 heterocycles. The minimum absolute atomic E-state index is 0.667. The summed E-state index contributed by atoms with van der Waals surface area (Å²) in [5.41, 5.74) is 2.50. The van der Waals surface area contributed by atoms with E-state index in [1.165, 1.54) is 11.1 Å². The number of nitrogens with zero attached hydrogens (tertiary/aromatic N) is 3. The fourth-order valence-electron chi connectivity index (χ4n) is 1.95. The minimum atomic E-state index is 0.667. The summed E-state index contributed by atoms with van der Waals surface area (Å²) in [5.74, 6) is 0. The van der Waals surface area contributed by atoms with E-state index < -0.39 is 0 Å². The van der Waals surface area contributed by atoms with Crippen LogP contribution >= 0.6 is 0 Å². The minimum Gasteiger partial charge on any atom is -0.380 e. The van der Waals surface area contributed by atoms with Crippen LogP contribution in [0.4, 0.5) is 0 Å². The highest BCUT2D eigenvalue weighted by atomic mass is 16.5. The quantitative estimate of drug-likeness (QED) is 0.733. The van der Waals surface area contributed by atoms with Crippen molar-refractivity contribution in [1.82, 2.24) is 20.3 Å². The van der Waals surface area contributed by atoms with Gasteiger partial charge >= 0.3 is 0 Å². The smallest absolute Gasteiger partial charge is 0.0713 e. The van der Waals surface area contributed by atoms with Gasteiger partial charge in [0.05, 0.1) is 12.8 Å². The van der Waals surface area contributed by atoms with Gasteiger partial charge in [0.2, 0.25) is 0 Å². The van der Waals surface area contributed by atoms with Gasteiger partial charge in [-0.15, -0.1) is 5.10 Å². The molecule has 0 atom stereocenters. The van der Waals surface area contributed by atoms with E-state index in [1.807, 2.05) is 10.9 Å². The molecular weight excluding hydrogens is 240 g/mol. The molecule has 5 nitrogen and oxygen atoms in total. The fraction of sp³-hybridized carbons (Fsp3) is 0.429. The molecule has 2 rings (SSSR count). The highest BCUT2D eigenvalue weighted by molar-refractivity contribution is 5.22. The zero-order chi connectivity index (χ0) is 13.3. The number of methoxy groups -OCH3 is 1. The van der Waals surface area contributed by atoms with Gasteiger partial charge < -0.3 is 10.1 Å². The number of aromatic nitrogens is 3. The maximum atomic E-state index is 5.13.